The molecule has 1 fully saturated rings. The molecule has 1 aliphatic heterocycles. The molecule has 3 heterocycles. The lowest BCUT2D eigenvalue weighted by atomic mass is 10.2. The van der Waals surface area contributed by atoms with Crippen LogP contribution in [0.15, 0.2) is 52.4 Å². The summed E-state index contributed by atoms with van der Waals surface area (Å²) < 4.78 is 11.0. The molecular weight excluding hydrogens is 398 g/mol. The number of amides is 1. The smallest absolute Gasteiger partial charge is 0.220 e. The van der Waals surface area contributed by atoms with Crippen LogP contribution in [0.1, 0.15) is 36.1 Å². The van der Waals surface area contributed by atoms with Crippen LogP contribution in [0.25, 0.3) is 11.3 Å². The predicted octanol–water partition coefficient (Wildman–Crippen LogP) is 4.30. The minimum absolute atomic E-state index is 0.0277. The second kappa shape index (κ2) is 9.91. The lowest BCUT2D eigenvalue weighted by molar-refractivity contribution is -0.121. The van der Waals surface area contributed by atoms with Crippen molar-refractivity contribution in [2.75, 3.05) is 26.7 Å². The van der Waals surface area contributed by atoms with E-state index in [0.717, 1.165) is 24.4 Å². The Morgan fingerprint density at radius 2 is 2.07 bits per heavy atom. The van der Waals surface area contributed by atoms with Gasteiger partial charge in [0.2, 0.25) is 5.91 Å². The van der Waals surface area contributed by atoms with E-state index in [1.165, 1.54) is 17.7 Å². The van der Waals surface area contributed by atoms with Crippen LogP contribution in [-0.4, -0.2) is 42.5 Å². The fraction of sp³-hybridized carbons (Fsp3) is 0.391. The molecule has 0 radical (unpaired) electrons. The first-order valence-corrected chi connectivity index (χ1v) is 11.2. The summed E-state index contributed by atoms with van der Waals surface area (Å²) in [6.45, 7) is 2.84. The van der Waals surface area contributed by atoms with E-state index in [9.17, 15) is 4.79 Å². The number of oxazole rings is 1. The van der Waals surface area contributed by atoms with Gasteiger partial charge in [-0.2, -0.15) is 0 Å². The lowest BCUT2D eigenvalue weighted by Gasteiger charge is -2.26. The van der Waals surface area contributed by atoms with E-state index < -0.39 is 0 Å². The van der Waals surface area contributed by atoms with Crippen molar-refractivity contribution in [3.8, 4) is 17.1 Å². The summed E-state index contributed by atoms with van der Waals surface area (Å²) >= 11 is 1.76. The van der Waals surface area contributed by atoms with Gasteiger partial charge in [0.1, 0.15) is 5.75 Å². The van der Waals surface area contributed by atoms with E-state index in [-0.39, 0.29) is 11.9 Å². The fourth-order valence-electron chi connectivity index (χ4n) is 3.78. The Hall–Kier alpha value is -2.64. The van der Waals surface area contributed by atoms with Crippen LogP contribution >= 0.6 is 11.3 Å². The molecule has 1 unspecified atom stereocenters. The Morgan fingerprint density at radius 1 is 1.27 bits per heavy atom. The van der Waals surface area contributed by atoms with E-state index >= 15 is 0 Å². The molecular formula is C23H27N3O3S. The second-order valence-electron chi connectivity index (χ2n) is 7.43. The number of nitrogens with zero attached hydrogens (tertiary/aromatic N) is 2. The number of benzene rings is 1. The monoisotopic (exact) mass is 425 g/mol. The number of carbonyl (C=O) groups is 1. The standard InChI is InChI=1S/C23H27N3O3S/c1-28-18-8-6-17(7-9-18)20-16-25-23(29-20)11-10-22(27)24-15-19(21-5-4-14-30-21)26-12-2-3-13-26/h4-9,14,16,19H,2-3,10-13,15H2,1H3,(H,24,27). The normalized spacial score (nSPS) is 15.2. The van der Waals surface area contributed by atoms with Crippen LogP contribution in [0.2, 0.25) is 0 Å². The number of hydrogen-bond donors (Lipinski definition) is 1. The highest BCUT2D eigenvalue weighted by Crippen LogP contribution is 2.28. The highest BCUT2D eigenvalue weighted by atomic mass is 32.1. The molecule has 4 rings (SSSR count). The largest absolute Gasteiger partial charge is 0.497 e. The van der Waals surface area contributed by atoms with Gasteiger partial charge >= 0.3 is 0 Å². The van der Waals surface area contributed by atoms with Crippen molar-refractivity contribution in [1.82, 2.24) is 15.2 Å². The maximum atomic E-state index is 12.4. The zero-order valence-corrected chi connectivity index (χ0v) is 18.0. The number of likely N-dealkylation sites (tertiary alicyclic amines) is 1. The molecule has 1 aromatic carbocycles. The van der Waals surface area contributed by atoms with Gasteiger partial charge in [-0.3, -0.25) is 9.69 Å². The number of rotatable bonds is 9. The molecule has 0 aliphatic carbocycles. The fourth-order valence-corrected chi connectivity index (χ4v) is 4.64. The third-order valence-corrected chi connectivity index (χ3v) is 6.41. The first-order chi connectivity index (χ1) is 14.7. The Bertz CT molecular complexity index is 931. The van der Waals surface area contributed by atoms with Gasteiger partial charge in [-0.05, 0) is 61.6 Å². The molecule has 1 saturated heterocycles. The molecule has 7 heteroatoms. The van der Waals surface area contributed by atoms with Crippen molar-refractivity contribution in [2.24, 2.45) is 0 Å². The van der Waals surface area contributed by atoms with E-state index in [4.69, 9.17) is 9.15 Å². The van der Waals surface area contributed by atoms with Gasteiger partial charge in [-0.1, -0.05) is 6.07 Å². The topological polar surface area (TPSA) is 67.6 Å². The van der Waals surface area contributed by atoms with Gasteiger partial charge in [-0.15, -0.1) is 11.3 Å². The number of hydrogen-bond acceptors (Lipinski definition) is 6. The van der Waals surface area contributed by atoms with Crippen LogP contribution in [0, 0.1) is 0 Å². The molecule has 0 bridgehead atoms. The van der Waals surface area contributed by atoms with Crippen molar-refractivity contribution in [2.45, 2.75) is 31.7 Å². The summed E-state index contributed by atoms with van der Waals surface area (Å²) in [7, 11) is 1.64. The number of ether oxygens (including phenoxy) is 1. The van der Waals surface area contributed by atoms with E-state index in [0.29, 0.717) is 31.0 Å². The second-order valence-corrected chi connectivity index (χ2v) is 8.40. The highest BCUT2D eigenvalue weighted by Gasteiger charge is 2.24. The third-order valence-electron chi connectivity index (χ3n) is 5.44. The van der Waals surface area contributed by atoms with Gasteiger partial charge in [0.25, 0.3) is 0 Å². The third kappa shape index (κ3) is 5.09. The van der Waals surface area contributed by atoms with Crippen LogP contribution < -0.4 is 10.1 Å². The Morgan fingerprint density at radius 3 is 2.77 bits per heavy atom. The molecule has 1 aliphatic rings. The van der Waals surface area contributed by atoms with Gasteiger partial charge in [0.05, 0.1) is 19.3 Å². The van der Waals surface area contributed by atoms with E-state index in [1.807, 2.05) is 24.3 Å². The zero-order chi connectivity index (χ0) is 20.8. The molecule has 3 aromatic rings. The van der Waals surface area contributed by atoms with Crippen LogP contribution in [0.3, 0.4) is 0 Å². The van der Waals surface area contributed by atoms with E-state index in [1.54, 1.807) is 24.6 Å². The van der Waals surface area contributed by atoms with E-state index in [2.05, 4.69) is 32.7 Å². The molecule has 6 nitrogen and oxygen atoms in total. The maximum absolute atomic E-state index is 12.4. The molecule has 1 N–H and O–H groups in total. The molecule has 0 spiro atoms. The number of thiophene rings is 1. The van der Waals surface area contributed by atoms with Gasteiger partial charge in [-0.25, -0.2) is 4.98 Å². The number of methoxy groups -OCH3 is 1. The van der Waals surface area contributed by atoms with Crippen LogP contribution in [-0.2, 0) is 11.2 Å². The maximum Gasteiger partial charge on any atom is 0.220 e. The van der Waals surface area contributed by atoms with Crippen molar-refractivity contribution in [3.05, 3.63) is 58.7 Å². The Kier molecular flexibility index (Phi) is 6.81. The summed E-state index contributed by atoms with van der Waals surface area (Å²) in [4.78, 5) is 20.6. The van der Waals surface area contributed by atoms with Crippen molar-refractivity contribution >= 4 is 17.2 Å². The summed E-state index contributed by atoms with van der Waals surface area (Å²) in [6, 6.07) is 12.1. The summed E-state index contributed by atoms with van der Waals surface area (Å²) in [5, 5.41) is 5.21. The Balaban J connectivity index is 1.28. The summed E-state index contributed by atoms with van der Waals surface area (Å²) in [5.74, 6) is 2.09. The molecule has 1 amide bonds. The SMILES string of the molecule is COc1ccc(-c2cnc(CCC(=O)NCC(c3cccs3)N3CCCC3)o2)cc1. The molecule has 158 valence electrons. The number of carbonyl (C=O) groups excluding carboxylic acids is 1. The summed E-state index contributed by atoms with van der Waals surface area (Å²) in [5.41, 5.74) is 0.934. The lowest BCUT2D eigenvalue weighted by Crippen LogP contribution is -2.36. The molecule has 2 aromatic heterocycles. The number of aromatic nitrogens is 1. The number of aryl methyl sites for hydroxylation is 1. The predicted molar refractivity (Wildman–Crippen MR) is 118 cm³/mol. The average molecular weight is 426 g/mol. The molecule has 30 heavy (non-hydrogen) atoms. The average Bonchev–Trinajstić information content (AvgIpc) is 3.56. The van der Waals surface area contributed by atoms with Crippen molar-refractivity contribution in [3.63, 3.8) is 0 Å². The highest BCUT2D eigenvalue weighted by molar-refractivity contribution is 7.10. The minimum atomic E-state index is 0.0277. The van der Waals surface area contributed by atoms with Crippen LogP contribution in [0.5, 0.6) is 5.75 Å². The van der Waals surface area contributed by atoms with Gasteiger partial charge in [0.15, 0.2) is 11.7 Å². The Labute approximate surface area is 180 Å². The van der Waals surface area contributed by atoms with Gasteiger partial charge < -0.3 is 14.5 Å². The molecule has 0 saturated carbocycles. The van der Waals surface area contributed by atoms with Gasteiger partial charge in [0, 0.05) is 29.8 Å². The zero-order valence-electron chi connectivity index (χ0n) is 17.2. The van der Waals surface area contributed by atoms with Crippen molar-refractivity contribution < 1.29 is 13.9 Å². The minimum Gasteiger partial charge on any atom is -0.497 e. The number of nitrogens with one attached hydrogen (secondary N) is 1. The first-order valence-electron chi connectivity index (χ1n) is 10.4. The quantitative estimate of drug-likeness (QED) is 0.554. The van der Waals surface area contributed by atoms with Crippen LogP contribution in [0.4, 0.5) is 0 Å². The summed E-state index contributed by atoms with van der Waals surface area (Å²) in [6.07, 6.45) is 5.01. The first kappa shape index (κ1) is 20.6. The van der Waals surface area contributed by atoms with Crippen molar-refractivity contribution in [1.29, 1.82) is 0 Å². The molecule has 1 atom stereocenters.